The van der Waals surface area contributed by atoms with Crippen LogP contribution in [-0.2, 0) is 11.2 Å². The van der Waals surface area contributed by atoms with Crippen molar-refractivity contribution in [3.05, 3.63) is 48.0 Å². The molecule has 2 aromatic carbocycles. The fraction of sp³-hybridized carbons (Fsp3) is 0.353. The van der Waals surface area contributed by atoms with Crippen molar-refractivity contribution in [1.29, 1.82) is 0 Å². The average Bonchev–Trinajstić information content (AvgIpc) is 2.44. The average molecular weight is 271 g/mol. The van der Waals surface area contributed by atoms with Gasteiger partial charge in [-0.05, 0) is 22.3 Å². The van der Waals surface area contributed by atoms with Crippen LogP contribution in [0.2, 0.25) is 0 Å². The number of amides is 1. The van der Waals surface area contributed by atoms with Gasteiger partial charge in [-0.15, -0.1) is 0 Å². The third-order valence-electron chi connectivity index (χ3n) is 3.46. The summed E-state index contributed by atoms with van der Waals surface area (Å²) in [7, 11) is 0. The van der Waals surface area contributed by atoms with E-state index >= 15 is 0 Å². The van der Waals surface area contributed by atoms with Gasteiger partial charge in [0.05, 0.1) is 12.5 Å². The monoisotopic (exact) mass is 271 g/mol. The molecule has 20 heavy (non-hydrogen) atoms. The molecule has 106 valence electrons. The molecule has 1 amide bonds. The van der Waals surface area contributed by atoms with Crippen molar-refractivity contribution in [3.8, 4) is 0 Å². The van der Waals surface area contributed by atoms with E-state index in [1.165, 1.54) is 5.39 Å². The van der Waals surface area contributed by atoms with E-state index in [-0.39, 0.29) is 11.8 Å². The van der Waals surface area contributed by atoms with Crippen molar-refractivity contribution < 1.29 is 9.90 Å². The number of benzene rings is 2. The zero-order valence-corrected chi connectivity index (χ0v) is 12.0. The maximum atomic E-state index is 11.9. The first-order valence-corrected chi connectivity index (χ1v) is 6.98. The number of hydrogen-bond acceptors (Lipinski definition) is 2. The molecule has 0 fully saturated rings. The van der Waals surface area contributed by atoms with Gasteiger partial charge in [0.1, 0.15) is 0 Å². The number of nitrogens with one attached hydrogen (secondary N) is 1. The summed E-state index contributed by atoms with van der Waals surface area (Å²) in [5, 5.41) is 14.8. The van der Waals surface area contributed by atoms with Crippen molar-refractivity contribution in [2.45, 2.75) is 26.4 Å². The summed E-state index contributed by atoms with van der Waals surface area (Å²) in [6.45, 7) is 4.17. The smallest absolute Gasteiger partial charge is 0.224 e. The van der Waals surface area contributed by atoms with Crippen molar-refractivity contribution in [2.24, 2.45) is 5.92 Å². The van der Waals surface area contributed by atoms with Crippen LogP contribution >= 0.6 is 0 Å². The Balaban J connectivity index is 1.96. The first kappa shape index (κ1) is 14.5. The van der Waals surface area contributed by atoms with Gasteiger partial charge in [-0.2, -0.15) is 0 Å². The number of carbonyl (C=O) groups excluding carboxylic acids is 1. The molecular weight excluding hydrogens is 250 g/mol. The zero-order chi connectivity index (χ0) is 14.5. The highest BCUT2D eigenvalue weighted by Crippen LogP contribution is 2.15. The Morgan fingerprint density at radius 3 is 2.55 bits per heavy atom. The van der Waals surface area contributed by atoms with Gasteiger partial charge in [-0.25, -0.2) is 0 Å². The summed E-state index contributed by atoms with van der Waals surface area (Å²) in [5.74, 6) is 0.0935. The zero-order valence-electron chi connectivity index (χ0n) is 12.0. The molecule has 1 unspecified atom stereocenters. The summed E-state index contributed by atoms with van der Waals surface area (Å²) in [5.41, 5.74) is 0.986. The van der Waals surface area contributed by atoms with Crippen LogP contribution in [0.25, 0.3) is 10.8 Å². The summed E-state index contributed by atoms with van der Waals surface area (Å²) >= 11 is 0. The number of carbonyl (C=O) groups is 1. The molecule has 0 saturated carbocycles. The van der Waals surface area contributed by atoms with Gasteiger partial charge in [0.2, 0.25) is 5.91 Å². The lowest BCUT2D eigenvalue weighted by Gasteiger charge is -2.15. The normalized spacial score (nSPS) is 12.6. The van der Waals surface area contributed by atoms with Crippen molar-refractivity contribution in [1.82, 2.24) is 5.32 Å². The van der Waals surface area contributed by atoms with Gasteiger partial charge in [-0.3, -0.25) is 4.79 Å². The van der Waals surface area contributed by atoms with Gasteiger partial charge < -0.3 is 10.4 Å². The van der Waals surface area contributed by atoms with Gasteiger partial charge >= 0.3 is 0 Å². The molecular formula is C17H21NO2. The minimum Gasteiger partial charge on any atom is -0.391 e. The second-order valence-corrected chi connectivity index (χ2v) is 5.47. The lowest BCUT2D eigenvalue weighted by atomic mass is 10.0. The molecule has 2 rings (SSSR count). The number of hydrogen-bond donors (Lipinski definition) is 2. The highest BCUT2D eigenvalue weighted by molar-refractivity contribution is 5.85. The molecule has 0 aliphatic rings. The molecule has 0 spiro atoms. The molecule has 2 N–H and O–H groups in total. The Kier molecular flexibility index (Phi) is 4.74. The standard InChI is InChI=1S/C17H21NO2/c1-12(2)16(19)11-18-17(20)10-13-7-8-14-5-3-4-6-15(14)9-13/h3-9,12,16,19H,10-11H2,1-2H3,(H,18,20). The SMILES string of the molecule is CC(C)C(O)CNC(=O)Cc1ccc2ccccc2c1. The van der Waals surface area contributed by atoms with Gasteiger partial charge in [0.25, 0.3) is 0 Å². The maximum Gasteiger partial charge on any atom is 0.224 e. The van der Waals surface area contributed by atoms with Crippen LogP contribution in [0.15, 0.2) is 42.5 Å². The first-order valence-electron chi connectivity index (χ1n) is 6.98. The van der Waals surface area contributed by atoms with Crippen LogP contribution in [-0.4, -0.2) is 23.7 Å². The van der Waals surface area contributed by atoms with E-state index in [1.807, 2.05) is 50.2 Å². The predicted molar refractivity (Wildman–Crippen MR) is 81.5 cm³/mol. The van der Waals surface area contributed by atoms with Gasteiger partial charge in [0.15, 0.2) is 0 Å². The molecule has 2 aromatic rings. The quantitative estimate of drug-likeness (QED) is 0.878. The fourth-order valence-electron chi connectivity index (χ4n) is 2.05. The number of aliphatic hydroxyl groups is 1. The summed E-state index contributed by atoms with van der Waals surface area (Å²) in [4.78, 5) is 11.9. The van der Waals surface area contributed by atoms with Crippen LogP contribution < -0.4 is 5.32 Å². The summed E-state index contributed by atoms with van der Waals surface area (Å²) in [6, 6.07) is 14.1. The Morgan fingerprint density at radius 2 is 1.85 bits per heavy atom. The molecule has 0 bridgehead atoms. The third-order valence-corrected chi connectivity index (χ3v) is 3.46. The lowest BCUT2D eigenvalue weighted by Crippen LogP contribution is -2.35. The van der Waals surface area contributed by atoms with E-state index in [0.29, 0.717) is 13.0 Å². The summed E-state index contributed by atoms with van der Waals surface area (Å²) in [6.07, 6.45) is -0.147. The maximum absolute atomic E-state index is 11.9. The highest BCUT2D eigenvalue weighted by Gasteiger charge is 2.11. The Morgan fingerprint density at radius 1 is 1.15 bits per heavy atom. The van der Waals surface area contributed by atoms with Crippen LogP contribution in [0.5, 0.6) is 0 Å². The van der Waals surface area contributed by atoms with E-state index < -0.39 is 6.10 Å². The third kappa shape index (κ3) is 3.81. The molecule has 1 atom stereocenters. The van der Waals surface area contributed by atoms with Crippen LogP contribution in [0, 0.1) is 5.92 Å². The van der Waals surface area contributed by atoms with Crippen molar-refractivity contribution >= 4 is 16.7 Å². The van der Waals surface area contributed by atoms with E-state index in [2.05, 4.69) is 11.4 Å². The largest absolute Gasteiger partial charge is 0.391 e. The number of rotatable bonds is 5. The molecule has 0 heterocycles. The Hall–Kier alpha value is -1.87. The number of fused-ring (bicyclic) bond motifs is 1. The van der Waals surface area contributed by atoms with E-state index in [9.17, 15) is 9.90 Å². The number of aliphatic hydroxyl groups excluding tert-OH is 1. The second kappa shape index (κ2) is 6.53. The molecule has 0 aliphatic heterocycles. The molecule has 0 aliphatic carbocycles. The predicted octanol–water partition coefficient (Wildman–Crippen LogP) is 2.52. The Bertz CT molecular complexity index is 592. The lowest BCUT2D eigenvalue weighted by molar-refractivity contribution is -0.121. The topological polar surface area (TPSA) is 49.3 Å². The van der Waals surface area contributed by atoms with Gasteiger partial charge in [0, 0.05) is 6.54 Å². The van der Waals surface area contributed by atoms with E-state index in [1.54, 1.807) is 0 Å². The Labute approximate surface area is 119 Å². The van der Waals surface area contributed by atoms with Crippen LogP contribution in [0.1, 0.15) is 19.4 Å². The molecule has 3 heteroatoms. The van der Waals surface area contributed by atoms with Crippen LogP contribution in [0.4, 0.5) is 0 Å². The van der Waals surface area contributed by atoms with E-state index in [4.69, 9.17) is 0 Å². The molecule has 0 radical (unpaired) electrons. The molecule has 0 saturated heterocycles. The molecule has 3 nitrogen and oxygen atoms in total. The summed E-state index contributed by atoms with van der Waals surface area (Å²) < 4.78 is 0. The molecule has 0 aromatic heterocycles. The fourth-order valence-corrected chi connectivity index (χ4v) is 2.05. The first-order chi connectivity index (χ1) is 9.56. The minimum atomic E-state index is -0.490. The van der Waals surface area contributed by atoms with Gasteiger partial charge in [-0.1, -0.05) is 56.3 Å². The van der Waals surface area contributed by atoms with Crippen molar-refractivity contribution in [2.75, 3.05) is 6.54 Å². The van der Waals surface area contributed by atoms with Crippen LogP contribution in [0.3, 0.4) is 0 Å². The van der Waals surface area contributed by atoms with Crippen molar-refractivity contribution in [3.63, 3.8) is 0 Å². The highest BCUT2D eigenvalue weighted by atomic mass is 16.3. The second-order valence-electron chi connectivity index (χ2n) is 5.47. The van der Waals surface area contributed by atoms with E-state index in [0.717, 1.165) is 10.9 Å². The minimum absolute atomic E-state index is 0.0556.